The Hall–Kier alpha value is -2.25. The van der Waals surface area contributed by atoms with Crippen LogP contribution in [-0.2, 0) is 18.5 Å². The van der Waals surface area contributed by atoms with E-state index >= 15 is 0 Å². The monoisotopic (exact) mass is 392 g/mol. The highest BCUT2D eigenvalue weighted by molar-refractivity contribution is 7.98. The first kappa shape index (κ1) is 19.5. The SMILES string of the molecule is CC(c1ccccc1)n1c(CO)cnc1SCc1ccc(C(F)(F)F)cc1. The second-order valence-electron chi connectivity index (χ2n) is 6.13. The molecule has 3 rings (SSSR count). The number of aromatic nitrogens is 2. The van der Waals surface area contributed by atoms with Crippen molar-refractivity contribution >= 4 is 11.8 Å². The van der Waals surface area contributed by atoms with Gasteiger partial charge in [-0.2, -0.15) is 13.2 Å². The molecule has 2 aromatic carbocycles. The van der Waals surface area contributed by atoms with Crippen LogP contribution in [0.25, 0.3) is 0 Å². The van der Waals surface area contributed by atoms with Gasteiger partial charge in [0.05, 0.1) is 30.1 Å². The van der Waals surface area contributed by atoms with Crippen molar-refractivity contribution in [2.24, 2.45) is 0 Å². The summed E-state index contributed by atoms with van der Waals surface area (Å²) in [5.74, 6) is 0.488. The number of hydrogen-bond donors (Lipinski definition) is 1. The van der Waals surface area contributed by atoms with E-state index in [4.69, 9.17) is 0 Å². The number of rotatable bonds is 6. The highest BCUT2D eigenvalue weighted by atomic mass is 32.2. The summed E-state index contributed by atoms with van der Waals surface area (Å²) in [5, 5.41) is 10.4. The van der Waals surface area contributed by atoms with Gasteiger partial charge >= 0.3 is 6.18 Å². The van der Waals surface area contributed by atoms with E-state index in [1.807, 2.05) is 41.8 Å². The van der Waals surface area contributed by atoms with Crippen molar-refractivity contribution in [2.45, 2.75) is 36.7 Å². The van der Waals surface area contributed by atoms with Crippen LogP contribution < -0.4 is 0 Å². The van der Waals surface area contributed by atoms with Gasteiger partial charge in [0.2, 0.25) is 0 Å². The van der Waals surface area contributed by atoms with Gasteiger partial charge in [0.1, 0.15) is 0 Å². The van der Waals surface area contributed by atoms with Crippen molar-refractivity contribution in [3.8, 4) is 0 Å². The molecule has 0 aliphatic carbocycles. The normalized spacial score (nSPS) is 12.9. The molecule has 3 aromatic rings. The molecule has 0 fully saturated rings. The van der Waals surface area contributed by atoms with E-state index in [-0.39, 0.29) is 12.6 Å². The van der Waals surface area contributed by atoms with Crippen molar-refractivity contribution in [1.29, 1.82) is 0 Å². The number of halogens is 3. The number of hydrogen-bond acceptors (Lipinski definition) is 3. The molecule has 0 amide bonds. The van der Waals surface area contributed by atoms with E-state index in [2.05, 4.69) is 4.98 Å². The first-order chi connectivity index (χ1) is 12.9. The molecular formula is C20H19F3N2OS. The second-order valence-corrected chi connectivity index (χ2v) is 7.07. The molecule has 142 valence electrons. The summed E-state index contributed by atoms with van der Waals surface area (Å²) in [6.45, 7) is 1.89. The Bertz CT molecular complexity index is 876. The smallest absolute Gasteiger partial charge is 0.390 e. The zero-order chi connectivity index (χ0) is 19.4. The number of benzene rings is 2. The second kappa shape index (κ2) is 8.19. The molecule has 1 N–H and O–H groups in total. The standard InChI is InChI=1S/C20H19F3N2OS/c1-14(16-5-3-2-4-6-16)25-18(12-26)11-24-19(25)27-13-15-7-9-17(10-8-15)20(21,22)23/h2-11,14,26H,12-13H2,1H3. The van der Waals surface area contributed by atoms with Crippen molar-refractivity contribution in [3.63, 3.8) is 0 Å². The molecule has 0 radical (unpaired) electrons. The van der Waals surface area contributed by atoms with Gasteiger partial charge in [-0.3, -0.25) is 0 Å². The molecule has 0 saturated carbocycles. The largest absolute Gasteiger partial charge is 0.416 e. The molecule has 3 nitrogen and oxygen atoms in total. The number of alkyl halides is 3. The van der Waals surface area contributed by atoms with Gasteiger partial charge < -0.3 is 9.67 Å². The summed E-state index contributed by atoms with van der Waals surface area (Å²) in [7, 11) is 0. The fourth-order valence-electron chi connectivity index (χ4n) is 2.83. The molecule has 7 heteroatoms. The Morgan fingerprint density at radius 3 is 2.33 bits per heavy atom. The van der Waals surface area contributed by atoms with Gasteiger partial charge in [-0.05, 0) is 30.2 Å². The van der Waals surface area contributed by atoms with Gasteiger partial charge in [0.25, 0.3) is 0 Å². The molecule has 0 aliphatic rings. The highest BCUT2D eigenvalue weighted by Crippen LogP contribution is 2.32. The molecule has 0 saturated heterocycles. The predicted molar refractivity (Wildman–Crippen MR) is 99.4 cm³/mol. The molecule has 1 unspecified atom stereocenters. The Morgan fingerprint density at radius 1 is 1.07 bits per heavy atom. The average Bonchev–Trinajstić information content (AvgIpc) is 3.09. The van der Waals surface area contributed by atoms with E-state index in [1.54, 1.807) is 6.20 Å². The summed E-state index contributed by atoms with van der Waals surface area (Å²) in [6.07, 6.45) is -2.70. The molecule has 0 spiro atoms. The molecular weight excluding hydrogens is 373 g/mol. The van der Waals surface area contributed by atoms with Crippen LogP contribution in [0.3, 0.4) is 0 Å². The predicted octanol–water partition coefficient (Wildman–Crippen LogP) is 5.30. The average molecular weight is 392 g/mol. The van der Waals surface area contributed by atoms with Crippen LogP contribution >= 0.6 is 11.8 Å². The molecule has 0 bridgehead atoms. The van der Waals surface area contributed by atoms with E-state index in [0.29, 0.717) is 11.4 Å². The van der Waals surface area contributed by atoms with Crippen LogP contribution in [0.15, 0.2) is 66.0 Å². The zero-order valence-corrected chi connectivity index (χ0v) is 15.5. The van der Waals surface area contributed by atoms with Crippen molar-refractivity contribution < 1.29 is 18.3 Å². The fourth-order valence-corrected chi connectivity index (χ4v) is 3.86. The van der Waals surface area contributed by atoms with E-state index < -0.39 is 11.7 Å². The number of imidazole rings is 1. The minimum atomic E-state index is -4.33. The van der Waals surface area contributed by atoms with Crippen LogP contribution in [0.4, 0.5) is 13.2 Å². The van der Waals surface area contributed by atoms with E-state index in [0.717, 1.165) is 28.4 Å². The lowest BCUT2D eigenvalue weighted by Crippen LogP contribution is -2.11. The molecule has 0 aliphatic heterocycles. The van der Waals surface area contributed by atoms with Crippen LogP contribution in [0.2, 0.25) is 0 Å². The van der Waals surface area contributed by atoms with Crippen molar-refractivity contribution in [1.82, 2.24) is 9.55 Å². The Morgan fingerprint density at radius 2 is 1.74 bits per heavy atom. The number of thioether (sulfide) groups is 1. The summed E-state index contributed by atoms with van der Waals surface area (Å²) in [5.41, 5.74) is 1.90. The minimum absolute atomic E-state index is 0.0223. The summed E-state index contributed by atoms with van der Waals surface area (Å²) in [4.78, 5) is 4.39. The Labute approximate surface area is 159 Å². The maximum Gasteiger partial charge on any atom is 0.416 e. The van der Waals surface area contributed by atoms with Crippen LogP contribution in [0.5, 0.6) is 0 Å². The zero-order valence-electron chi connectivity index (χ0n) is 14.6. The topological polar surface area (TPSA) is 38.0 Å². The maximum atomic E-state index is 12.7. The first-order valence-electron chi connectivity index (χ1n) is 8.41. The van der Waals surface area contributed by atoms with Gasteiger partial charge in [0.15, 0.2) is 5.16 Å². The lowest BCUT2D eigenvalue weighted by atomic mass is 10.1. The third-order valence-electron chi connectivity index (χ3n) is 4.32. The summed E-state index contributed by atoms with van der Waals surface area (Å²) in [6, 6.07) is 15.0. The number of aliphatic hydroxyl groups excluding tert-OH is 1. The number of nitrogens with zero attached hydrogens (tertiary/aromatic N) is 2. The third kappa shape index (κ3) is 4.54. The quantitative estimate of drug-likeness (QED) is 0.579. The summed E-state index contributed by atoms with van der Waals surface area (Å²) < 4.78 is 40.0. The van der Waals surface area contributed by atoms with Gasteiger partial charge in [0, 0.05) is 5.75 Å². The third-order valence-corrected chi connectivity index (χ3v) is 5.36. The molecule has 27 heavy (non-hydrogen) atoms. The Balaban J connectivity index is 1.79. The molecule has 1 heterocycles. The Kier molecular flexibility index (Phi) is 5.92. The van der Waals surface area contributed by atoms with Crippen LogP contribution in [-0.4, -0.2) is 14.7 Å². The van der Waals surface area contributed by atoms with Gasteiger partial charge in [-0.1, -0.05) is 54.2 Å². The minimum Gasteiger partial charge on any atom is -0.390 e. The van der Waals surface area contributed by atoms with Crippen LogP contribution in [0.1, 0.15) is 35.3 Å². The maximum absolute atomic E-state index is 12.7. The van der Waals surface area contributed by atoms with Gasteiger partial charge in [-0.15, -0.1) is 0 Å². The lowest BCUT2D eigenvalue weighted by molar-refractivity contribution is -0.137. The van der Waals surface area contributed by atoms with E-state index in [1.165, 1.54) is 23.9 Å². The van der Waals surface area contributed by atoms with E-state index in [9.17, 15) is 18.3 Å². The molecule has 1 atom stereocenters. The van der Waals surface area contributed by atoms with Crippen molar-refractivity contribution in [3.05, 3.63) is 83.2 Å². The first-order valence-corrected chi connectivity index (χ1v) is 9.39. The van der Waals surface area contributed by atoms with Crippen LogP contribution in [0, 0.1) is 0 Å². The highest BCUT2D eigenvalue weighted by Gasteiger charge is 2.29. The summed E-state index contributed by atoms with van der Waals surface area (Å²) >= 11 is 1.43. The van der Waals surface area contributed by atoms with Crippen molar-refractivity contribution in [2.75, 3.05) is 0 Å². The lowest BCUT2D eigenvalue weighted by Gasteiger charge is -2.19. The van der Waals surface area contributed by atoms with Gasteiger partial charge in [-0.25, -0.2) is 4.98 Å². The fraction of sp³-hybridized carbons (Fsp3) is 0.250. The molecule has 1 aromatic heterocycles. The number of aliphatic hydroxyl groups is 1.